The zero-order valence-electron chi connectivity index (χ0n) is 9.89. The predicted molar refractivity (Wildman–Crippen MR) is 66.5 cm³/mol. The molecular formula is C11H21Cl2Ti. The van der Waals surface area contributed by atoms with Crippen molar-refractivity contribution >= 4 is 24.8 Å². The largest absolute Gasteiger partial charge is 0.147 e. The molecule has 0 nitrogen and oxygen atoms in total. The summed E-state index contributed by atoms with van der Waals surface area (Å²) in [7, 11) is 0. The van der Waals surface area contributed by atoms with E-state index in [0.717, 1.165) is 5.92 Å². The standard InChI is InChI=1S/C9H13.2CH3.2ClH.Ti/c1-6-5-7(2)9(4)8(6)3;;;;;/h6H,1-4H3;2*1H3;2*1H;. The van der Waals surface area contributed by atoms with E-state index in [2.05, 4.69) is 38.2 Å². The van der Waals surface area contributed by atoms with Gasteiger partial charge in [-0.05, 0) is 0 Å². The molecule has 0 aromatic rings. The first-order valence-electron chi connectivity index (χ1n) is 4.65. The van der Waals surface area contributed by atoms with Crippen LogP contribution in [0.15, 0.2) is 20.6 Å². The van der Waals surface area contributed by atoms with Gasteiger partial charge in [0.2, 0.25) is 0 Å². The van der Waals surface area contributed by atoms with E-state index < -0.39 is 17.9 Å². The van der Waals surface area contributed by atoms with Gasteiger partial charge >= 0.3 is 82.5 Å². The van der Waals surface area contributed by atoms with Crippen molar-refractivity contribution < 1.29 is 17.9 Å². The molecule has 0 radical (unpaired) electrons. The molecule has 1 rings (SSSR count). The number of allylic oxidation sites excluding steroid dienone is 4. The van der Waals surface area contributed by atoms with E-state index >= 15 is 0 Å². The fraction of sp³-hybridized carbons (Fsp3) is 0.636. The molecule has 1 unspecified atom stereocenters. The van der Waals surface area contributed by atoms with Gasteiger partial charge in [-0.25, -0.2) is 0 Å². The Morgan fingerprint density at radius 3 is 1.50 bits per heavy atom. The topological polar surface area (TPSA) is 0 Å². The quantitative estimate of drug-likeness (QED) is 0.601. The first-order chi connectivity index (χ1) is 5.46. The van der Waals surface area contributed by atoms with Crippen molar-refractivity contribution in [2.24, 2.45) is 5.92 Å². The summed E-state index contributed by atoms with van der Waals surface area (Å²) < 4.78 is 1.81. The molecule has 0 saturated carbocycles. The summed E-state index contributed by atoms with van der Waals surface area (Å²) in [6, 6.07) is 0. The van der Waals surface area contributed by atoms with Crippen molar-refractivity contribution in [2.45, 2.75) is 38.2 Å². The minimum absolute atomic E-state index is 0. The Kier molecular flexibility index (Phi) is 7.82. The average molecular weight is 272 g/mol. The van der Waals surface area contributed by atoms with Crippen LogP contribution in [0.5, 0.6) is 0 Å². The number of halogens is 2. The van der Waals surface area contributed by atoms with Crippen LogP contribution in [0.3, 0.4) is 0 Å². The van der Waals surface area contributed by atoms with Crippen molar-refractivity contribution in [2.75, 3.05) is 0 Å². The summed E-state index contributed by atoms with van der Waals surface area (Å²) in [4.78, 5) is 0. The molecule has 0 aromatic carbocycles. The van der Waals surface area contributed by atoms with Crippen LogP contribution >= 0.6 is 24.8 Å². The molecule has 0 fully saturated rings. The summed E-state index contributed by atoms with van der Waals surface area (Å²) in [5.41, 5.74) is 4.78. The second kappa shape index (κ2) is 6.38. The molecule has 83 valence electrons. The van der Waals surface area contributed by atoms with Crippen LogP contribution in [-0.2, 0) is 17.9 Å². The zero-order valence-corrected chi connectivity index (χ0v) is 13.1. The minimum Gasteiger partial charge on any atom is -0.147 e. The van der Waals surface area contributed by atoms with Gasteiger partial charge < -0.3 is 0 Å². The zero-order chi connectivity index (χ0) is 9.46. The van der Waals surface area contributed by atoms with Crippen molar-refractivity contribution in [3.63, 3.8) is 0 Å². The molecule has 1 aliphatic carbocycles. The van der Waals surface area contributed by atoms with Crippen LogP contribution in [0.1, 0.15) is 27.7 Å². The maximum absolute atomic E-state index is 2.46. The maximum Gasteiger partial charge on any atom is -0.147 e. The summed E-state index contributed by atoms with van der Waals surface area (Å²) in [6.07, 6.45) is 0. The van der Waals surface area contributed by atoms with E-state index in [1.165, 1.54) is 0 Å². The van der Waals surface area contributed by atoms with Gasteiger partial charge in [-0.3, -0.25) is 0 Å². The van der Waals surface area contributed by atoms with Crippen LogP contribution in [0, 0.1) is 5.92 Å². The molecule has 0 heterocycles. The third-order valence-electron chi connectivity index (χ3n) is 3.18. The van der Waals surface area contributed by atoms with Crippen LogP contribution in [-0.4, -0.2) is 0 Å². The van der Waals surface area contributed by atoms with Crippen LogP contribution in [0.2, 0.25) is 10.5 Å². The smallest absolute Gasteiger partial charge is 0.147 e. The average Bonchev–Trinajstić information content (AvgIpc) is 2.16. The van der Waals surface area contributed by atoms with E-state index in [1.54, 1.807) is 16.7 Å². The first-order valence-corrected chi connectivity index (χ1v) is 8.56. The van der Waals surface area contributed by atoms with Gasteiger partial charge in [0.25, 0.3) is 0 Å². The molecule has 0 N–H and O–H groups in total. The van der Waals surface area contributed by atoms with Gasteiger partial charge in [0.1, 0.15) is 0 Å². The molecule has 0 amide bonds. The molecule has 14 heavy (non-hydrogen) atoms. The maximum atomic E-state index is 2.46. The Bertz CT molecular complexity index is 264. The monoisotopic (exact) mass is 271 g/mol. The number of hydrogen-bond acceptors (Lipinski definition) is 0. The van der Waals surface area contributed by atoms with Gasteiger partial charge in [-0.2, -0.15) is 0 Å². The SMILES string of the molecule is CC1=C(C)C(C)[C]([Ti]([CH3])[CH3])=C1C.Cl.Cl. The Hall–Kier alpha value is 0.774. The molecule has 0 bridgehead atoms. The summed E-state index contributed by atoms with van der Waals surface area (Å²) in [5, 5.41) is 4.92. The fourth-order valence-corrected chi connectivity index (χ4v) is 5.33. The third kappa shape index (κ3) is 2.89. The first kappa shape index (κ1) is 17.2. The molecule has 0 aliphatic heterocycles. The molecule has 1 atom stereocenters. The van der Waals surface area contributed by atoms with Gasteiger partial charge in [0.05, 0.1) is 0 Å². The fourth-order valence-electron chi connectivity index (χ4n) is 2.17. The van der Waals surface area contributed by atoms with E-state index in [0.29, 0.717) is 0 Å². The molecule has 0 spiro atoms. The summed E-state index contributed by atoms with van der Waals surface area (Å²) >= 11 is -0.834. The number of rotatable bonds is 1. The molecule has 1 aliphatic rings. The van der Waals surface area contributed by atoms with E-state index in [-0.39, 0.29) is 24.8 Å². The molecule has 0 aromatic heterocycles. The van der Waals surface area contributed by atoms with Gasteiger partial charge in [0.15, 0.2) is 0 Å². The minimum atomic E-state index is -0.834. The van der Waals surface area contributed by atoms with Crippen LogP contribution in [0.25, 0.3) is 0 Å². The van der Waals surface area contributed by atoms with Gasteiger partial charge in [-0.15, -0.1) is 24.8 Å². The molecular weight excluding hydrogens is 251 g/mol. The second-order valence-electron chi connectivity index (χ2n) is 4.07. The molecule has 3 heteroatoms. The van der Waals surface area contributed by atoms with E-state index in [4.69, 9.17) is 0 Å². The van der Waals surface area contributed by atoms with E-state index in [1.807, 2.05) is 3.88 Å². The summed E-state index contributed by atoms with van der Waals surface area (Å²) in [6.45, 7) is 9.23. The van der Waals surface area contributed by atoms with Crippen LogP contribution < -0.4 is 0 Å². The van der Waals surface area contributed by atoms with Gasteiger partial charge in [-0.1, -0.05) is 0 Å². The van der Waals surface area contributed by atoms with Gasteiger partial charge in [0, 0.05) is 0 Å². The molecule has 0 saturated heterocycles. The Balaban J connectivity index is 0. The second-order valence-corrected chi connectivity index (χ2v) is 8.03. The predicted octanol–water partition coefficient (Wildman–Crippen LogP) is 4.80. The third-order valence-corrected chi connectivity index (χ3v) is 6.12. The Morgan fingerprint density at radius 2 is 1.36 bits per heavy atom. The van der Waals surface area contributed by atoms with Crippen molar-refractivity contribution in [1.82, 2.24) is 0 Å². The normalized spacial score (nSPS) is 20.6. The Labute approximate surface area is 107 Å². The Morgan fingerprint density at radius 1 is 0.929 bits per heavy atom. The van der Waals surface area contributed by atoms with Crippen molar-refractivity contribution in [3.05, 3.63) is 20.6 Å². The number of hydrogen-bond donors (Lipinski definition) is 0. The van der Waals surface area contributed by atoms with Crippen molar-refractivity contribution in [1.29, 1.82) is 0 Å². The van der Waals surface area contributed by atoms with E-state index in [9.17, 15) is 0 Å². The van der Waals surface area contributed by atoms with Crippen molar-refractivity contribution in [3.8, 4) is 0 Å². The summed E-state index contributed by atoms with van der Waals surface area (Å²) in [5.74, 6) is 0.759. The van der Waals surface area contributed by atoms with Crippen LogP contribution in [0.4, 0.5) is 0 Å².